The number of carbonyl (C=O) groups excluding carboxylic acids is 1. The zero-order valence-electron chi connectivity index (χ0n) is 9.11. The SMILES string of the molecule is COC(OC)C(OC)SCCC(C)=O. The molecule has 0 aliphatic rings. The van der Waals surface area contributed by atoms with E-state index in [0.717, 1.165) is 5.75 Å². The van der Waals surface area contributed by atoms with E-state index >= 15 is 0 Å². The second-order valence-corrected chi connectivity index (χ2v) is 3.97. The van der Waals surface area contributed by atoms with Gasteiger partial charge >= 0.3 is 0 Å². The van der Waals surface area contributed by atoms with Gasteiger partial charge in [-0.15, -0.1) is 11.8 Å². The number of carbonyl (C=O) groups is 1. The van der Waals surface area contributed by atoms with E-state index < -0.39 is 6.29 Å². The van der Waals surface area contributed by atoms with Crippen molar-refractivity contribution in [2.75, 3.05) is 27.1 Å². The highest BCUT2D eigenvalue weighted by Crippen LogP contribution is 2.19. The maximum absolute atomic E-state index is 10.7. The predicted molar refractivity (Wildman–Crippen MR) is 56.4 cm³/mol. The van der Waals surface area contributed by atoms with Crippen molar-refractivity contribution in [2.45, 2.75) is 25.1 Å². The van der Waals surface area contributed by atoms with Gasteiger partial charge in [0, 0.05) is 33.5 Å². The topological polar surface area (TPSA) is 44.8 Å². The van der Waals surface area contributed by atoms with Gasteiger partial charge in [-0.05, 0) is 6.92 Å². The molecule has 0 aliphatic carbocycles. The second-order valence-electron chi connectivity index (χ2n) is 2.77. The summed E-state index contributed by atoms with van der Waals surface area (Å²) in [7, 11) is 4.72. The first-order chi connectivity index (χ1) is 6.65. The van der Waals surface area contributed by atoms with Gasteiger partial charge in [0.2, 0.25) is 0 Å². The van der Waals surface area contributed by atoms with E-state index in [9.17, 15) is 4.79 Å². The first-order valence-electron chi connectivity index (χ1n) is 4.35. The summed E-state index contributed by atoms with van der Waals surface area (Å²) in [6.45, 7) is 1.58. The lowest BCUT2D eigenvalue weighted by Crippen LogP contribution is -2.29. The number of ether oxygens (including phenoxy) is 3. The number of hydrogen-bond donors (Lipinski definition) is 0. The summed E-state index contributed by atoms with van der Waals surface area (Å²) in [6.07, 6.45) is 0.155. The highest BCUT2D eigenvalue weighted by atomic mass is 32.2. The Balaban J connectivity index is 3.82. The van der Waals surface area contributed by atoms with E-state index in [0.29, 0.717) is 6.42 Å². The summed E-state index contributed by atoms with van der Waals surface area (Å²) in [5.74, 6) is 0.899. The predicted octanol–water partition coefficient (Wildman–Crippen LogP) is 1.29. The summed E-state index contributed by atoms with van der Waals surface area (Å²) in [5.41, 5.74) is -0.190. The molecule has 0 rings (SSSR count). The lowest BCUT2D eigenvalue weighted by Gasteiger charge is -2.22. The molecule has 84 valence electrons. The number of ketones is 1. The number of methoxy groups -OCH3 is 3. The highest BCUT2D eigenvalue weighted by Gasteiger charge is 2.20. The molecular weight excluding hydrogens is 204 g/mol. The fourth-order valence-corrected chi connectivity index (χ4v) is 2.05. The molecule has 0 heterocycles. The Labute approximate surface area is 89.3 Å². The van der Waals surface area contributed by atoms with Crippen LogP contribution in [0.4, 0.5) is 0 Å². The number of hydrogen-bond acceptors (Lipinski definition) is 5. The second kappa shape index (κ2) is 8.23. The Morgan fingerprint density at radius 2 is 1.79 bits per heavy atom. The van der Waals surface area contributed by atoms with Gasteiger partial charge < -0.3 is 14.2 Å². The van der Waals surface area contributed by atoms with Gasteiger partial charge in [0.15, 0.2) is 11.7 Å². The minimum absolute atomic E-state index is 0.179. The summed E-state index contributed by atoms with van der Waals surface area (Å²) >= 11 is 1.51. The van der Waals surface area contributed by atoms with Gasteiger partial charge in [0.05, 0.1) is 0 Å². The third-order valence-corrected chi connectivity index (χ3v) is 2.84. The molecule has 0 aromatic rings. The molecule has 0 aliphatic heterocycles. The van der Waals surface area contributed by atoms with Crippen molar-refractivity contribution < 1.29 is 19.0 Å². The minimum Gasteiger partial charge on any atom is -0.365 e. The van der Waals surface area contributed by atoms with Crippen LogP contribution in [0, 0.1) is 0 Å². The van der Waals surface area contributed by atoms with Crippen molar-refractivity contribution in [1.82, 2.24) is 0 Å². The van der Waals surface area contributed by atoms with Crippen molar-refractivity contribution in [3.8, 4) is 0 Å². The van der Waals surface area contributed by atoms with Gasteiger partial charge in [-0.25, -0.2) is 0 Å². The van der Waals surface area contributed by atoms with E-state index in [1.165, 1.54) is 11.8 Å². The fraction of sp³-hybridized carbons (Fsp3) is 0.889. The first kappa shape index (κ1) is 13.9. The van der Waals surface area contributed by atoms with Crippen LogP contribution in [-0.2, 0) is 19.0 Å². The first-order valence-corrected chi connectivity index (χ1v) is 5.40. The number of Topliss-reactive ketones (excluding diaryl/α,β-unsaturated/α-hetero) is 1. The summed E-state index contributed by atoms with van der Waals surface area (Å²) in [4.78, 5) is 10.7. The zero-order valence-corrected chi connectivity index (χ0v) is 9.93. The van der Waals surface area contributed by atoms with Crippen LogP contribution in [0.5, 0.6) is 0 Å². The molecule has 0 N–H and O–H groups in total. The lowest BCUT2D eigenvalue weighted by atomic mass is 10.4. The van der Waals surface area contributed by atoms with Crippen molar-refractivity contribution in [3.05, 3.63) is 0 Å². The molecule has 0 bridgehead atoms. The summed E-state index contributed by atoms with van der Waals surface area (Å²) in [5, 5.41) is 0. The van der Waals surface area contributed by atoms with Crippen LogP contribution in [0.3, 0.4) is 0 Å². The van der Waals surface area contributed by atoms with Gasteiger partial charge in [-0.2, -0.15) is 0 Å². The molecular formula is C9H18O4S. The molecule has 0 spiro atoms. The van der Waals surface area contributed by atoms with Crippen molar-refractivity contribution >= 4 is 17.5 Å². The van der Waals surface area contributed by atoms with E-state index in [1.807, 2.05) is 0 Å². The molecule has 1 atom stereocenters. The van der Waals surface area contributed by atoms with Crippen LogP contribution in [0.2, 0.25) is 0 Å². The number of thioether (sulfide) groups is 1. The van der Waals surface area contributed by atoms with Crippen LogP contribution in [0.15, 0.2) is 0 Å². The van der Waals surface area contributed by atoms with Crippen LogP contribution >= 0.6 is 11.8 Å². The standard InChI is InChI=1S/C9H18O4S/c1-7(10)5-6-14-9(13-4)8(11-2)12-3/h8-9H,5-6H2,1-4H3. The lowest BCUT2D eigenvalue weighted by molar-refractivity contribution is -0.145. The third kappa shape index (κ3) is 5.59. The molecule has 0 radical (unpaired) electrons. The van der Waals surface area contributed by atoms with Crippen LogP contribution in [0.1, 0.15) is 13.3 Å². The Morgan fingerprint density at radius 3 is 2.14 bits per heavy atom. The molecule has 0 aromatic heterocycles. The van der Waals surface area contributed by atoms with E-state index in [-0.39, 0.29) is 11.2 Å². The number of rotatable bonds is 8. The molecule has 14 heavy (non-hydrogen) atoms. The van der Waals surface area contributed by atoms with Crippen molar-refractivity contribution in [1.29, 1.82) is 0 Å². The van der Waals surface area contributed by atoms with Crippen LogP contribution in [0.25, 0.3) is 0 Å². The molecule has 0 amide bonds. The Hall–Kier alpha value is -0.100. The molecule has 0 fully saturated rings. The molecule has 5 heteroatoms. The van der Waals surface area contributed by atoms with Crippen LogP contribution < -0.4 is 0 Å². The van der Waals surface area contributed by atoms with Crippen molar-refractivity contribution in [3.63, 3.8) is 0 Å². The van der Waals surface area contributed by atoms with Gasteiger partial charge in [-0.3, -0.25) is 4.79 Å². The van der Waals surface area contributed by atoms with Gasteiger partial charge in [0.1, 0.15) is 5.78 Å². The monoisotopic (exact) mass is 222 g/mol. The average molecular weight is 222 g/mol. The normalized spacial score (nSPS) is 13.2. The largest absolute Gasteiger partial charge is 0.365 e. The van der Waals surface area contributed by atoms with E-state index in [1.54, 1.807) is 28.3 Å². The maximum Gasteiger partial charge on any atom is 0.192 e. The highest BCUT2D eigenvalue weighted by molar-refractivity contribution is 7.99. The van der Waals surface area contributed by atoms with E-state index in [4.69, 9.17) is 14.2 Å². The Kier molecular flexibility index (Phi) is 8.17. The molecule has 4 nitrogen and oxygen atoms in total. The smallest absolute Gasteiger partial charge is 0.192 e. The van der Waals surface area contributed by atoms with Crippen molar-refractivity contribution in [2.24, 2.45) is 0 Å². The average Bonchev–Trinajstić information content (AvgIpc) is 2.16. The third-order valence-electron chi connectivity index (χ3n) is 1.66. The van der Waals surface area contributed by atoms with Crippen LogP contribution in [-0.4, -0.2) is 44.6 Å². The molecule has 0 saturated carbocycles. The maximum atomic E-state index is 10.7. The Bertz CT molecular complexity index is 159. The van der Waals surface area contributed by atoms with E-state index in [2.05, 4.69) is 0 Å². The zero-order chi connectivity index (χ0) is 11.0. The fourth-order valence-electron chi connectivity index (χ4n) is 0.895. The summed E-state index contributed by atoms with van der Waals surface area (Å²) in [6, 6.07) is 0. The van der Waals surface area contributed by atoms with Gasteiger partial charge in [-0.1, -0.05) is 0 Å². The minimum atomic E-state index is -0.392. The molecule has 0 aromatic carbocycles. The summed E-state index contributed by atoms with van der Waals surface area (Å²) < 4.78 is 15.3. The molecule has 0 saturated heterocycles. The molecule has 1 unspecified atom stereocenters. The quantitative estimate of drug-likeness (QED) is 0.579. The Morgan fingerprint density at radius 1 is 1.21 bits per heavy atom. The van der Waals surface area contributed by atoms with Gasteiger partial charge in [0.25, 0.3) is 0 Å².